The lowest BCUT2D eigenvalue weighted by atomic mass is 10.3. The monoisotopic (exact) mass is 421 g/mol. The molecular formula is C15H8Cl5N3O. The summed E-state index contributed by atoms with van der Waals surface area (Å²) in [6.07, 6.45) is 0. The molecule has 0 unspecified atom stereocenters. The first kappa shape index (κ1) is 17.5. The molecule has 0 saturated heterocycles. The van der Waals surface area contributed by atoms with Crippen LogP contribution in [0, 0.1) is 0 Å². The Morgan fingerprint density at radius 2 is 1.38 bits per heavy atom. The zero-order valence-corrected chi connectivity index (χ0v) is 15.5. The zero-order valence-electron chi connectivity index (χ0n) is 11.7. The van der Waals surface area contributed by atoms with Gasteiger partial charge in [0.05, 0.1) is 25.1 Å². The lowest BCUT2D eigenvalue weighted by molar-refractivity contribution is 0.853. The fraction of sp³-hybridized carbons (Fsp3) is 0. The lowest BCUT2D eigenvalue weighted by Gasteiger charge is -2.12. The molecule has 3 aromatic rings. The van der Waals surface area contributed by atoms with Crippen LogP contribution >= 0.6 is 58.0 Å². The number of nitrogens with zero attached hydrogens (tertiary/aromatic N) is 1. The molecule has 2 aromatic carbocycles. The minimum atomic E-state index is -0.397. The molecule has 124 valence electrons. The highest BCUT2D eigenvalue weighted by molar-refractivity contribution is 6.56. The Balaban J connectivity index is 2.11. The van der Waals surface area contributed by atoms with E-state index in [1.165, 1.54) is 6.07 Å². The molecule has 0 aliphatic heterocycles. The third-order valence-corrected chi connectivity index (χ3v) is 5.44. The van der Waals surface area contributed by atoms with E-state index >= 15 is 0 Å². The second kappa shape index (κ2) is 6.90. The van der Waals surface area contributed by atoms with Gasteiger partial charge in [-0.25, -0.2) is 4.68 Å². The predicted octanol–water partition coefficient (Wildman–Crippen LogP) is 6.18. The SMILES string of the molecule is O=c1cc(Nc2ccccc2)[nH]n1-c1c(Cl)c(Cl)c(Cl)c(Cl)c1Cl. The van der Waals surface area contributed by atoms with Crippen LogP contribution in [-0.4, -0.2) is 9.78 Å². The number of hydrogen-bond acceptors (Lipinski definition) is 2. The molecule has 0 atom stereocenters. The van der Waals surface area contributed by atoms with Gasteiger partial charge < -0.3 is 5.32 Å². The van der Waals surface area contributed by atoms with E-state index in [-0.39, 0.29) is 30.8 Å². The van der Waals surface area contributed by atoms with E-state index in [1.807, 2.05) is 30.3 Å². The largest absolute Gasteiger partial charge is 0.341 e. The number of H-pyrrole nitrogens is 1. The summed E-state index contributed by atoms with van der Waals surface area (Å²) in [5.74, 6) is 0.445. The summed E-state index contributed by atoms with van der Waals surface area (Å²) in [6, 6.07) is 10.7. The highest BCUT2D eigenvalue weighted by Gasteiger charge is 2.22. The zero-order chi connectivity index (χ0) is 17.4. The first-order valence-corrected chi connectivity index (χ1v) is 8.45. The summed E-state index contributed by atoms with van der Waals surface area (Å²) in [7, 11) is 0. The summed E-state index contributed by atoms with van der Waals surface area (Å²) in [4.78, 5) is 12.3. The van der Waals surface area contributed by atoms with Crippen LogP contribution in [-0.2, 0) is 0 Å². The summed E-state index contributed by atoms with van der Waals surface area (Å²) in [6.45, 7) is 0. The minimum absolute atomic E-state index is 0.0156. The third kappa shape index (κ3) is 3.13. The molecule has 0 aliphatic carbocycles. The number of halogens is 5. The van der Waals surface area contributed by atoms with Gasteiger partial charge in [-0.3, -0.25) is 9.89 Å². The minimum Gasteiger partial charge on any atom is -0.341 e. The third-order valence-electron chi connectivity index (χ3n) is 3.18. The Morgan fingerprint density at radius 3 is 1.96 bits per heavy atom. The topological polar surface area (TPSA) is 49.8 Å². The predicted molar refractivity (Wildman–Crippen MR) is 101 cm³/mol. The molecule has 4 nitrogen and oxygen atoms in total. The van der Waals surface area contributed by atoms with Crippen molar-refractivity contribution in [2.75, 3.05) is 5.32 Å². The van der Waals surface area contributed by atoms with Gasteiger partial charge in [0, 0.05) is 11.8 Å². The first-order valence-electron chi connectivity index (χ1n) is 6.56. The Bertz CT molecular complexity index is 936. The van der Waals surface area contributed by atoms with Gasteiger partial charge in [-0.1, -0.05) is 76.2 Å². The average molecular weight is 424 g/mol. The van der Waals surface area contributed by atoms with Gasteiger partial charge in [0.15, 0.2) is 0 Å². The first-order chi connectivity index (χ1) is 11.4. The van der Waals surface area contributed by atoms with Gasteiger partial charge in [-0.2, -0.15) is 0 Å². The molecular weight excluding hydrogens is 415 g/mol. The fourth-order valence-corrected chi connectivity index (χ4v) is 3.39. The number of hydrogen-bond donors (Lipinski definition) is 2. The molecule has 2 N–H and O–H groups in total. The molecule has 1 aromatic heterocycles. The van der Waals surface area contributed by atoms with Crippen molar-refractivity contribution in [3.63, 3.8) is 0 Å². The number of benzene rings is 2. The van der Waals surface area contributed by atoms with E-state index in [1.54, 1.807) is 0 Å². The van der Waals surface area contributed by atoms with Gasteiger partial charge >= 0.3 is 0 Å². The van der Waals surface area contributed by atoms with Crippen LogP contribution in [0.4, 0.5) is 11.5 Å². The van der Waals surface area contributed by atoms with Gasteiger partial charge in [-0.15, -0.1) is 0 Å². The standard InChI is InChI=1S/C15H8Cl5N3O/c16-10-11(17)13(19)15(14(20)12(10)18)23-9(24)6-8(22-23)21-7-4-2-1-3-5-7/h1-6,21-22H. The number of aromatic nitrogens is 2. The highest BCUT2D eigenvalue weighted by atomic mass is 35.5. The number of para-hydroxylation sites is 1. The number of rotatable bonds is 3. The van der Waals surface area contributed by atoms with Crippen LogP contribution < -0.4 is 10.9 Å². The van der Waals surface area contributed by atoms with Gasteiger partial charge in [0.1, 0.15) is 11.5 Å². The Morgan fingerprint density at radius 1 is 0.833 bits per heavy atom. The molecule has 0 bridgehead atoms. The van der Waals surface area contributed by atoms with Crippen LogP contribution in [0.25, 0.3) is 5.69 Å². The second-order valence-corrected chi connectivity index (χ2v) is 6.64. The summed E-state index contributed by atoms with van der Waals surface area (Å²) < 4.78 is 1.14. The van der Waals surface area contributed by atoms with Crippen molar-refractivity contribution in [3.05, 3.63) is 71.9 Å². The maximum absolute atomic E-state index is 12.3. The van der Waals surface area contributed by atoms with E-state index in [0.717, 1.165) is 10.4 Å². The van der Waals surface area contributed by atoms with E-state index in [0.29, 0.717) is 5.82 Å². The van der Waals surface area contributed by atoms with Crippen molar-refractivity contribution in [1.82, 2.24) is 9.78 Å². The van der Waals surface area contributed by atoms with Crippen LogP contribution in [0.15, 0.2) is 41.2 Å². The fourth-order valence-electron chi connectivity index (χ4n) is 2.09. The molecule has 24 heavy (non-hydrogen) atoms. The lowest BCUT2D eigenvalue weighted by Crippen LogP contribution is -2.15. The van der Waals surface area contributed by atoms with Crippen LogP contribution in [0.2, 0.25) is 25.1 Å². The highest BCUT2D eigenvalue weighted by Crippen LogP contribution is 2.45. The molecule has 3 rings (SSSR count). The quantitative estimate of drug-likeness (QED) is 0.391. The normalized spacial score (nSPS) is 10.9. The van der Waals surface area contributed by atoms with Crippen molar-refractivity contribution in [1.29, 1.82) is 0 Å². The van der Waals surface area contributed by atoms with Crippen molar-refractivity contribution in [2.24, 2.45) is 0 Å². The van der Waals surface area contributed by atoms with Crippen LogP contribution in [0.1, 0.15) is 0 Å². The molecule has 0 fully saturated rings. The molecule has 0 amide bonds. The number of aromatic amines is 1. The van der Waals surface area contributed by atoms with Crippen LogP contribution in [0.5, 0.6) is 0 Å². The molecule has 0 aliphatic rings. The average Bonchev–Trinajstić information content (AvgIpc) is 2.92. The van der Waals surface area contributed by atoms with Crippen molar-refractivity contribution >= 4 is 69.5 Å². The van der Waals surface area contributed by atoms with E-state index < -0.39 is 5.56 Å². The molecule has 1 heterocycles. The van der Waals surface area contributed by atoms with E-state index in [9.17, 15) is 4.79 Å². The molecule has 0 spiro atoms. The molecule has 0 radical (unpaired) electrons. The number of nitrogens with one attached hydrogen (secondary N) is 2. The van der Waals surface area contributed by atoms with Crippen molar-refractivity contribution < 1.29 is 0 Å². The molecule has 0 saturated carbocycles. The molecule has 9 heteroatoms. The van der Waals surface area contributed by atoms with Crippen molar-refractivity contribution in [2.45, 2.75) is 0 Å². The van der Waals surface area contributed by atoms with E-state index in [2.05, 4.69) is 10.4 Å². The Hall–Kier alpha value is -1.30. The van der Waals surface area contributed by atoms with E-state index in [4.69, 9.17) is 58.0 Å². The van der Waals surface area contributed by atoms with Crippen molar-refractivity contribution in [3.8, 4) is 5.69 Å². The maximum Gasteiger partial charge on any atom is 0.273 e. The Kier molecular flexibility index (Phi) is 5.04. The van der Waals surface area contributed by atoms with Gasteiger partial charge in [0.25, 0.3) is 5.56 Å². The summed E-state index contributed by atoms with van der Waals surface area (Å²) >= 11 is 30.4. The van der Waals surface area contributed by atoms with Gasteiger partial charge in [-0.05, 0) is 12.1 Å². The second-order valence-electron chi connectivity index (χ2n) is 4.75. The summed E-state index contributed by atoms with van der Waals surface area (Å²) in [5, 5.41) is 6.02. The van der Waals surface area contributed by atoms with Gasteiger partial charge in [0.2, 0.25) is 0 Å². The maximum atomic E-state index is 12.3. The summed E-state index contributed by atoms with van der Waals surface area (Å²) in [5.41, 5.74) is 0.533. The smallest absolute Gasteiger partial charge is 0.273 e. The van der Waals surface area contributed by atoms with Crippen LogP contribution in [0.3, 0.4) is 0 Å². The Labute approximate surface area is 161 Å². The number of anilines is 2.